The molecule has 2 aromatic rings. The van der Waals surface area contributed by atoms with Gasteiger partial charge in [0.2, 0.25) is 11.0 Å². The van der Waals surface area contributed by atoms with Gasteiger partial charge in [-0.3, -0.25) is 4.79 Å². The van der Waals surface area contributed by atoms with Crippen molar-refractivity contribution < 1.29 is 9.53 Å². The van der Waals surface area contributed by atoms with E-state index in [0.29, 0.717) is 24.6 Å². The molecule has 0 saturated heterocycles. The third-order valence-corrected chi connectivity index (χ3v) is 5.05. The molecule has 0 aliphatic heterocycles. The molecular formula is C15H16BrN3O2S2. The molecule has 1 heterocycles. The highest BCUT2D eigenvalue weighted by atomic mass is 79.9. The average molecular weight is 414 g/mol. The predicted molar refractivity (Wildman–Crippen MR) is 98.3 cm³/mol. The monoisotopic (exact) mass is 413 g/mol. The SMILES string of the molecule is C=CCSc1nnc(NC(=O)CCCOc2cccc(Br)c2)s1. The third-order valence-electron chi connectivity index (χ3n) is 2.59. The van der Waals surface area contributed by atoms with Crippen LogP contribution in [0.1, 0.15) is 12.8 Å². The first-order valence-corrected chi connectivity index (χ1v) is 9.52. The topological polar surface area (TPSA) is 64.1 Å². The van der Waals surface area contributed by atoms with Gasteiger partial charge in [-0.2, -0.15) is 0 Å². The number of thioether (sulfide) groups is 1. The molecule has 1 aromatic heterocycles. The molecule has 0 aliphatic rings. The molecule has 0 saturated carbocycles. The summed E-state index contributed by atoms with van der Waals surface area (Å²) in [6.07, 6.45) is 2.81. The maximum Gasteiger partial charge on any atom is 0.226 e. The number of amides is 1. The fraction of sp³-hybridized carbons (Fsp3) is 0.267. The van der Waals surface area contributed by atoms with E-state index in [9.17, 15) is 4.79 Å². The number of nitrogens with zero attached hydrogens (tertiary/aromatic N) is 2. The van der Waals surface area contributed by atoms with Gasteiger partial charge in [0.25, 0.3) is 0 Å². The van der Waals surface area contributed by atoms with Crippen molar-refractivity contribution in [2.45, 2.75) is 17.2 Å². The van der Waals surface area contributed by atoms with Gasteiger partial charge in [0.05, 0.1) is 6.61 Å². The zero-order valence-electron chi connectivity index (χ0n) is 12.3. The Morgan fingerprint density at radius 2 is 2.35 bits per heavy atom. The summed E-state index contributed by atoms with van der Waals surface area (Å²) in [5, 5.41) is 11.2. The van der Waals surface area contributed by atoms with E-state index in [2.05, 4.69) is 38.0 Å². The predicted octanol–water partition coefficient (Wildman–Crippen LogP) is 4.38. The minimum absolute atomic E-state index is 0.0840. The molecule has 1 N–H and O–H groups in total. The van der Waals surface area contributed by atoms with E-state index in [1.165, 1.54) is 11.3 Å². The molecule has 0 unspecified atom stereocenters. The van der Waals surface area contributed by atoms with Crippen molar-refractivity contribution >= 4 is 50.1 Å². The molecule has 0 radical (unpaired) electrons. The average Bonchev–Trinajstić information content (AvgIpc) is 2.97. The van der Waals surface area contributed by atoms with Gasteiger partial charge in [-0.25, -0.2) is 0 Å². The van der Waals surface area contributed by atoms with Crippen molar-refractivity contribution in [2.75, 3.05) is 17.7 Å². The summed E-state index contributed by atoms with van der Waals surface area (Å²) < 4.78 is 7.37. The van der Waals surface area contributed by atoms with E-state index in [-0.39, 0.29) is 5.91 Å². The fourth-order valence-corrected chi connectivity index (χ4v) is 3.52. The number of aromatic nitrogens is 2. The van der Waals surface area contributed by atoms with Crippen LogP contribution in [-0.2, 0) is 4.79 Å². The lowest BCUT2D eigenvalue weighted by Crippen LogP contribution is -2.12. The second-order valence-electron chi connectivity index (χ2n) is 4.43. The fourth-order valence-electron chi connectivity index (χ4n) is 1.61. The van der Waals surface area contributed by atoms with Gasteiger partial charge in [0, 0.05) is 16.6 Å². The minimum Gasteiger partial charge on any atom is -0.494 e. The molecular weight excluding hydrogens is 398 g/mol. The molecule has 122 valence electrons. The number of carbonyl (C=O) groups is 1. The van der Waals surface area contributed by atoms with Gasteiger partial charge in [-0.05, 0) is 24.6 Å². The Balaban J connectivity index is 1.66. The molecule has 0 fully saturated rings. The quantitative estimate of drug-likeness (QED) is 0.286. The Bertz CT molecular complexity index is 664. The van der Waals surface area contributed by atoms with Crippen LogP contribution in [0.25, 0.3) is 0 Å². The van der Waals surface area contributed by atoms with Crippen molar-refractivity contribution in [1.82, 2.24) is 10.2 Å². The van der Waals surface area contributed by atoms with Gasteiger partial charge in [-0.15, -0.1) is 16.8 Å². The molecule has 5 nitrogen and oxygen atoms in total. The summed E-state index contributed by atoms with van der Waals surface area (Å²) in [5.41, 5.74) is 0. The Hall–Kier alpha value is -1.38. The number of rotatable bonds is 9. The second-order valence-corrected chi connectivity index (χ2v) is 7.59. The first-order valence-electron chi connectivity index (χ1n) is 6.93. The van der Waals surface area contributed by atoms with Crippen molar-refractivity contribution in [3.05, 3.63) is 41.4 Å². The molecule has 0 spiro atoms. The van der Waals surface area contributed by atoms with Gasteiger partial charge < -0.3 is 10.1 Å². The molecule has 1 aromatic carbocycles. The van der Waals surface area contributed by atoms with Crippen molar-refractivity contribution in [3.63, 3.8) is 0 Å². The van der Waals surface area contributed by atoms with Crippen LogP contribution in [0.4, 0.5) is 5.13 Å². The summed E-state index contributed by atoms with van der Waals surface area (Å²) in [7, 11) is 0. The number of hydrogen-bond donors (Lipinski definition) is 1. The van der Waals surface area contributed by atoms with Gasteiger partial charge in [-0.1, -0.05) is 51.2 Å². The van der Waals surface area contributed by atoms with Crippen molar-refractivity contribution in [2.24, 2.45) is 0 Å². The second kappa shape index (κ2) is 9.69. The Labute approximate surface area is 151 Å². The number of benzene rings is 1. The first-order chi connectivity index (χ1) is 11.2. The van der Waals surface area contributed by atoms with Crippen LogP contribution in [0.2, 0.25) is 0 Å². The number of nitrogens with one attached hydrogen (secondary N) is 1. The Kier molecular flexibility index (Phi) is 7.57. The smallest absolute Gasteiger partial charge is 0.226 e. The molecule has 0 aliphatic carbocycles. The highest BCUT2D eigenvalue weighted by molar-refractivity contribution is 9.10. The summed E-state index contributed by atoms with van der Waals surface area (Å²) in [6, 6.07) is 7.62. The number of hydrogen-bond acceptors (Lipinski definition) is 6. The highest BCUT2D eigenvalue weighted by Gasteiger charge is 2.08. The minimum atomic E-state index is -0.0840. The van der Waals surface area contributed by atoms with Crippen molar-refractivity contribution in [3.8, 4) is 5.75 Å². The maximum atomic E-state index is 11.8. The number of carbonyl (C=O) groups excluding carboxylic acids is 1. The summed E-state index contributed by atoms with van der Waals surface area (Å²) in [6.45, 7) is 4.14. The lowest BCUT2D eigenvalue weighted by Gasteiger charge is -2.06. The van der Waals surface area contributed by atoms with Gasteiger partial charge >= 0.3 is 0 Å². The van der Waals surface area contributed by atoms with E-state index >= 15 is 0 Å². The van der Waals surface area contributed by atoms with Gasteiger partial charge in [0.1, 0.15) is 5.75 Å². The van der Waals surface area contributed by atoms with Crippen LogP contribution >= 0.6 is 39.0 Å². The molecule has 0 bridgehead atoms. The number of anilines is 1. The highest BCUT2D eigenvalue weighted by Crippen LogP contribution is 2.25. The molecule has 8 heteroatoms. The van der Waals surface area contributed by atoms with Crippen LogP contribution < -0.4 is 10.1 Å². The number of halogens is 1. The molecule has 2 rings (SSSR count). The van der Waals surface area contributed by atoms with Crippen LogP contribution in [-0.4, -0.2) is 28.5 Å². The van der Waals surface area contributed by atoms with Crippen LogP contribution in [0, 0.1) is 0 Å². The Morgan fingerprint density at radius 1 is 1.48 bits per heavy atom. The van der Waals surface area contributed by atoms with E-state index in [1.807, 2.05) is 24.3 Å². The normalized spacial score (nSPS) is 10.3. The molecule has 1 amide bonds. The van der Waals surface area contributed by atoms with E-state index in [1.54, 1.807) is 17.8 Å². The van der Waals surface area contributed by atoms with Crippen LogP contribution in [0.5, 0.6) is 5.75 Å². The van der Waals surface area contributed by atoms with E-state index in [4.69, 9.17) is 4.74 Å². The van der Waals surface area contributed by atoms with Crippen LogP contribution in [0.3, 0.4) is 0 Å². The molecule has 0 atom stereocenters. The van der Waals surface area contributed by atoms with E-state index < -0.39 is 0 Å². The number of ether oxygens (including phenoxy) is 1. The van der Waals surface area contributed by atoms with Crippen molar-refractivity contribution in [1.29, 1.82) is 0 Å². The lowest BCUT2D eigenvalue weighted by atomic mass is 10.3. The standard InChI is InChI=1S/C15H16BrN3O2S2/c1-2-9-22-15-19-18-14(23-15)17-13(20)7-4-8-21-12-6-3-5-11(16)10-12/h2-3,5-6,10H,1,4,7-9H2,(H,17,18,20). The largest absolute Gasteiger partial charge is 0.494 e. The zero-order valence-corrected chi connectivity index (χ0v) is 15.5. The zero-order chi connectivity index (χ0) is 16.5. The summed E-state index contributed by atoms with van der Waals surface area (Å²) in [4.78, 5) is 11.8. The summed E-state index contributed by atoms with van der Waals surface area (Å²) >= 11 is 6.29. The first kappa shape index (κ1) is 18.0. The third kappa shape index (κ3) is 6.72. The lowest BCUT2D eigenvalue weighted by molar-refractivity contribution is -0.116. The maximum absolute atomic E-state index is 11.8. The van der Waals surface area contributed by atoms with Crippen LogP contribution in [0.15, 0.2) is 45.7 Å². The summed E-state index contributed by atoms with van der Waals surface area (Å²) in [5.74, 6) is 1.47. The molecule has 23 heavy (non-hydrogen) atoms. The Morgan fingerprint density at radius 3 is 3.13 bits per heavy atom. The van der Waals surface area contributed by atoms with Gasteiger partial charge in [0.15, 0.2) is 4.34 Å². The van der Waals surface area contributed by atoms with E-state index in [0.717, 1.165) is 20.3 Å².